The maximum Gasteiger partial charge on any atom is 0.0944 e. The van der Waals surface area contributed by atoms with Crippen LogP contribution in [0.2, 0.25) is 0 Å². The molecule has 1 aliphatic heterocycles. The van der Waals surface area contributed by atoms with Gasteiger partial charge in [0.15, 0.2) is 0 Å². The maximum atomic E-state index is 5.62. The van der Waals surface area contributed by atoms with Gasteiger partial charge in [0.2, 0.25) is 0 Å². The Balaban J connectivity index is 1.75. The lowest BCUT2D eigenvalue weighted by Crippen LogP contribution is -2.37. The third-order valence-electron chi connectivity index (χ3n) is 3.18. The van der Waals surface area contributed by atoms with Crippen molar-refractivity contribution in [3.8, 4) is 0 Å². The van der Waals surface area contributed by atoms with E-state index in [-0.39, 0.29) is 0 Å². The normalized spacial score (nSPS) is 21.9. The lowest BCUT2D eigenvalue weighted by atomic mass is 10.0. The van der Waals surface area contributed by atoms with Crippen molar-refractivity contribution in [2.75, 3.05) is 6.61 Å². The van der Waals surface area contributed by atoms with Crippen molar-refractivity contribution in [1.29, 1.82) is 0 Å². The van der Waals surface area contributed by atoms with E-state index in [2.05, 4.69) is 15.8 Å². The first-order chi connectivity index (χ1) is 8.28. The van der Waals surface area contributed by atoms with Gasteiger partial charge in [0.25, 0.3) is 0 Å². The zero-order valence-electron chi connectivity index (χ0n) is 10.3. The predicted molar refractivity (Wildman–Crippen MR) is 69.9 cm³/mol. The third kappa shape index (κ3) is 4.03. The first kappa shape index (κ1) is 13.0. The minimum absolute atomic E-state index is 0.310. The van der Waals surface area contributed by atoms with Crippen molar-refractivity contribution in [3.05, 3.63) is 16.1 Å². The number of nitrogens with two attached hydrogens (primary N) is 1. The highest BCUT2D eigenvalue weighted by Gasteiger charge is 2.18. The van der Waals surface area contributed by atoms with Gasteiger partial charge in [0.05, 0.1) is 11.1 Å². The van der Waals surface area contributed by atoms with Gasteiger partial charge in [-0.2, -0.15) is 0 Å². The van der Waals surface area contributed by atoms with E-state index < -0.39 is 0 Å². The number of aryl methyl sites for hydroxylation is 1. The summed E-state index contributed by atoms with van der Waals surface area (Å²) in [6.45, 7) is 2.95. The zero-order chi connectivity index (χ0) is 12.1. The maximum absolute atomic E-state index is 5.62. The zero-order valence-corrected chi connectivity index (χ0v) is 11.1. The van der Waals surface area contributed by atoms with Crippen LogP contribution in [0.5, 0.6) is 0 Å². The van der Waals surface area contributed by atoms with E-state index in [1.165, 1.54) is 12.8 Å². The fourth-order valence-corrected chi connectivity index (χ4v) is 3.06. The van der Waals surface area contributed by atoms with E-state index in [4.69, 9.17) is 10.6 Å². The smallest absolute Gasteiger partial charge is 0.0944 e. The van der Waals surface area contributed by atoms with Crippen LogP contribution >= 0.6 is 11.3 Å². The molecule has 0 aromatic carbocycles. The number of hydrazine groups is 1. The van der Waals surface area contributed by atoms with Crippen LogP contribution in [0.3, 0.4) is 0 Å². The average molecular weight is 255 g/mol. The minimum Gasteiger partial charge on any atom is -0.378 e. The molecule has 17 heavy (non-hydrogen) atoms. The average Bonchev–Trinajstić information content (AvgIpc) is 2.96. The molecule has 2 heterocycles. The Hall–Kier alpha value is -0.490. The van der Waals surface area contributed by atoms with E-state index >= 15 is 0 Å². The van der Waals surface area contributed by atoms with Crippen molar-refractivity contribution in [3.63, 3.8) is 0 Å². The highest BCUT2D eigenvalue weighted by Crippen LogP contribution is 2.19. The molecule has 0 amide bonds. The molecular weight excluding hydrogens is 234 g/mol. The predicted octanol–water partition coefficient (Wildman–Crippen LogP) is 1.79. The number of aromatic nitrogens is 1. The van der Waals surface area contributed by atoms with Crippen LogP contribution in [-0.4, -0.2) is 23.7 Å². The van der Waals surface area contributed by atoms with Crippen molar-refractivity contribution in [2.24, 2.45) is 5.84 Å². The summed E-state index contributed by atoms with van der Waals surface area (Å²) in [6, 6.07) is 0.310. The largest absolute Gasteiger partial charge is 0.378 e. The van der Waals surface area contributed by atoms with Gasteiger partial charge in [0, 0.05) is 30.1 Å². The molecule has 3 N–H and O–H groups in total. The summed E-state index contributed by atoms with van der Waals surface area (Å²) in [7, 11) is 0. The van der Waals surface area contributed by atoms with Gasteiger partial charge in [-0.05, 0) is 32.6 Å². The molecule has 0 aliphatic carbocycles. The lowest BCUT2D eigenvalue weighted by Gasteiger charge is -2.16. The summed E-state index contributed by atoms with van der Waals surface area (Å²) in [4.78, 5) is 4.47. The Kier molecular flexibility index (Phi) is 4.91. The Bertz CT molecular complexity index is 336. The number of hydrogen-bond donors (Lipinski definition) is 2. The van der Waals surface area contributed by atoms with E-state index in [0.717, 1.165) is 36.6 Å². The molecule has 1 aromatic heterocycles. The van der Waals surface area contributed by atoms with Gasteiger partial charge in [-0.25, -0.2) is 4.98 Å². The standard InChI is InChI=1S/C12H21N3OS/c1-9-8-17-12(14-9)7-10(15-13)4-5-11-3-2-6-16-11/h8,10-11,15H,2-7,13H2,1H3. The SMILES string of the molecule is Cc1csc(CC(CCC2CCCO2)NN)n1. The van der Waals surface area contributed by atoms with Crippen molar-refractivity contribution >= 4 is 11.3 Å². The van der Waals surface area contributed by atoms with Crippen molar-refractivity contribution < 1.29 is 4.74 Å². The summed E-state index contributed by atoms with van der Waals surface area (Å²) >= 11 is 1.71. The molecule has 0 radical (unpaired) electrons. The molecule has 2 rings (SSSR count). The molecular formula is C12H21N3OS. The second kappa shape index (κ2) is 6.44. The van der Waals surface area contributed by atoms with E-state index in [9.17, 15) is 0 Å². The Labute approximate surface area is 107 Å². The molecule has 0 bridgehead atoms. The Morgan fingerprint density at radius 2 is 2.59 bits per heavy atom. The molecule has 96 valence electrons. The van der Waals surface area contributed by atoms with Gasteiger partial charge in [-0.1, -0.05) is 0 Å². The summed E-state index contributed by atoms with van der Waals surface area (Å²) in [5.74, 6) is 5.60. The topological polar surface area (TPSA) is 60.2 Å². The fraction of sp³-hybridized carbons (Fsp3) is 0.750. The molecule has 2 unspecified atom stereocenters. The molecule has 5 heteroatoms. The first-order valence-corrected chi connectivity index (χ1v) is 7.14. The monoisotopic (exact) mass is 255 g/mol. The van der Waals surface area contributed by atoms with Gasteiger partial charge >= 0.3 is 0 Å². The summed E-state index contributed by atoms with van der Waals surface area (Å²) < 4.78 is 5.62. The van der Waals surface area contributed by atoms with Crippen molar-refractivity contribution in [1.82, 2.24) is 10.4 Å². The number of thiazole rings is 1. The quantitative estimate of drug-likeness (QED) is 0.601. The summed E-state index contributed by atoms with van der Waals surface area (Å²) in [5, 5.41) is 3.25. The van der Waals surface area contributed by atoms with Crippen LogP contribution in [0.1, 0.15) is 36.4 Å². The van der Waals surface area contributed by atoms with Crippen LogP contribution < -0.4 is 11.3 Å². The lowest BCUT2D eigenvalue weighted by molar-refractivity contribution is 0.0996. The van der Waals surface area contributed by atoms with Crippen LogP contribution in [-0.2, 0) is 11.2 Å². The van der Waals surface area contributed by atoms with E-state index in [0.29, 0.717) is 12.1 Å². The van der Waals surface area contributed by atoms with Crippen LogP contribution in [0, 0.1) is 6.92 Å². The van der Waals surface area contributed by atoms with Crippen LogP contribution in [0.15, 0.2) is 5.38 Å². The molecule has 1 aliphatic rings. The number of nitrogens with zero attached hydrogens (tertiary/aromatic N) is 1. The highest BCUT2D eigenvalue weighted by molar-refractivity contribution is 7.09. The second-order valence-electron chi connectivity index (χ2n) is 4.66. The van der Waals surface area contributed by atoms with E-state index in [1.807, 2.05) is 6.92 Å². The number of rotatable bonds is 6. The minimum atomic E-state index is 0.310. The van der Waals surface area contributed by atoms with Crippen LogP contribution in [0.25, 0.3) is 0 Å². The first-order valence-electron chi connectivity index (χ1n) is 6.26. The Morgan fingerprint density at radius 1 is 1.71 bits per heavy atom. The molecule has 1 saturated heterocycles. The van der Waals surface area contributed by atoms with Gasteiger partial charge in [-0.15, -0.1) is 11.3 Å². The van der Waals surface area contributed by atoms with Crippen LogP contribution in [0.4, 0.5) is 0 Å². The summed E-state index contributed by atoms with van der Waals surface area (Å²) in [6.07, 6.45) is 5.93. The molecule has 1 fully saturated rings. The number of hydrogen-bond acceptors (Lipinski definition) is 5. The van der Waals surface area contributed by atoms with Gasteiger partial charge < -0.3 is 4.74 Å². The molecule has 0 spiro atoms. The molecule has 1 aromatic rings. The fourth-order valence-electron chi connectivity index (χ4n) is 2.21. The highest BCUT2D eigenvalue weighted by atomic mass is 32.1. The summed E-state index contributed by atoms with van der Waals surface area (Å²) in [5.41, 5.74) is 3.99. The third-order valence-corrected chi connectivity index (χ3v) is 4.17. The second-order valence-corrected chi connectivity index (χ2v) is 5.61. The van der Waals surface area contributed by atoms with E-state index in [1.54, 1.807) is 11.3 Å². The Morgan fingerprint density at radius 3 is 3.18 bits per heavy atom. The molecule has 2 atom stereocenters. The number of nitrogens with one attached hydrogen (secondary N) is 1. The number of ether oxygens (including phenoxy) is 1. The molecule has 4 nitrogen and oxygen atoms in total. The molecule has 0 saturated carbocycles. The van der Waals surface area contributed by atoms with Gasteiger partial charge in [-0.3, -0.25) is 11.3 Å². The van der Waals surface area contributed by atoms with Crippen molar-refractivity contribution in [2.45, 2.75) is 51.2 Å². The van der Waals surface area contributed by atoms with Gasteiger partial charge in [0.1, 0.15) is 0 Å².